The minimum atomic E-state index is 0. The summed E-state index contributed by atoms with van der Waals surface area (Å²) in [5.41, 5.74) is 0.405. The van der Waals surface area contributed by atoms with E-state index in [1.165, 1.54) is 58.0 Å². The Kier molecular flexibility index (Phi) is 8.75. The average Bonchev–Trinajstić information content (AvgIpc) is 3.23. The number of nitrogens with one attached hydrogen (secondary N) is 1. The summed E-state index contributed by atoms with van der Waals surface area (Å²) in [5, 5.41) is 3.58. The fourth-order valence-electron chi connectivity index (χ4n) is 4.55. The summed E-state index contributed by atoms with van der Waals surface area (Å²) in [6.45, 7) is 10.1. The van der Waals surface area contributed by atoms with Crippen LogP contribution >= 0.6 is 24.0 Å². The molecule has 3 fully saturated rings. The topological polar surface area (TPSA) is 40.1 Å². The molecule has 25 heavy (non-hydrogen) atoms. The van der Waals surface area contributed by atoms with Gasteiger partial charge in [0.15, 0.2) is 5.96 Å². The van der Waals surface area contributed by atoms with E-state index in [0.717, 1.165) is 44.8 Å². The van der Waals surface area contributed by atoms with Gasteiger partial charge in [-0.25, -0.2) is 0 Å². The van der Waals surface area contributed by atoms with Gasteiger partial charge in [0, 0.05) is 44.7 Å². The van der Waals surface area contributed by atoms with E-state index in [1.807, 2.05) is 7.05 Å². The summed E-state index contributed by atoms with van der Waals surface area (Å²) in [6, 6.07) is 0.786. The zero-order valence-electron chi connectivity index (χ0n) is 16.1. The highest BCUT2D eigenvalue weighted by molar-refractivity contribution is 14.0. The first-order chi connectivity index (χ1) is 11.7. The van der Waals surface area contributed by atoms with Crippen molar-refractivity contribution in [2.75, 3.05) is 53.0 Å². The van der Waals surface area contributed by atoms with Gasteiger partial charge < -0.3 is 19.9 Å². The number of halogens is 1. The predicted octanol–water partition coefficient (Wildman–Crippen LogP) is 2.95. The third kappa shape index (κ3) is 5.70. The minimum Gasteiger partial charge on any atom is -0.381 e. The van der Waals surface area contributed by atoms with Gasteiger partial charge in [-0.3, -0.25) is 4.99 Å². The number of nitrogens with zero attached hydrogens (tertiary/aromatic N) is 3. The molecule has 0 aromatic rings. The van der Waals surface area contributed by atoms with Crippen molar-refractivity contribution in [3.8, 4) is 0 Å². The lowest BCUT2D eigenvalue weighted by molar-refractivity contribution is 0.156. The fraction of sp³-hybridized carbons (Fsp3) is 0.947. The lowest BCUT2D eigenvalue weighted by atomic mass is 9.87. The van der Waals surface area contributed by atoms with Crippen LogP contribution in [0.25, 0.3) is 0 Å². The molecule has 0 amide bonds. The molecule has 0 aromatic heterocycles. The SMILES string of the molecule is CN=C(NCCCCN1CCCCC1C)N1CCC2(CCOC2)C1.I. The molecule has 2 unspecified atom stereocenters. The van der Waals surface area contributed by atoms with Crippen molar-refractivity contribution in [1.29, 1.82) is 0 Å². The van der Waals surface area contributed by atoms with Gasteiger partial charge in [0.05, 0.1) is 6.61 Å². The van der Waals surface area contributed by atoms with Gasteiger partial charge in [-0.15, -0.1) is 24.0 Å². The van der Waals surface area contributed by atoms with E-state index in [0.29, 0.717) is 5.41 Å². The van der Waals surface area contributed by atoms with Crippen LogP contribution in [0.5, 0.6) is 0 Å². The summed E-state index contributed by atoms with van der Waals surface area (Å²) in [7, 11) is 1.91. The minimum absolute atomic E-state index is 0. The van der Waals surface area contributed by atoms with Gasteiger partial charge in [0.2, 0.25) is 0 Å². The van der Waals surface area contributed by atoms with Crippen LogP contribution in [0.3, 0.4) is 0 Å². The molecule has 3 rings (SSSR count). The molecule has 0 saturated carbocycles. The number of hydrogen-bond donors (Lipinski definition) is 1. The Balaban J connectivity index is 0.00000225. The van der Waals surface area contributed by atoms with E-state index in [-0.39, 0.29) is 24.0 Å². The van der Waals surface area contributed by atoms with E-state index < -0.39 is 0 Å². The van der Waals surface area contributed by atoms with Crippen LogP contribution in [0, 0.1) is 5.41 Å². The third-order valence-corrected chi connectivity index (χ3v) is 6.23. The van der Waals surface area contributed by atoms with Crippen molar-refractivity contribution in [3.05, 3.63) is 0 Å². The summed E-state index contributed by atoms with van der Waals surface area (Å²) >= 11 is 0. The van der Waals surface area contributed by atoms with Crippen LogP contribution in [0.15, 0.2) is 4.99 Å². The number of likely N-dealkylation sites (tertiary alicyclic amines) is 2. The Labute approximate surface area is 171 Å². The highest BCUT2D eigenvalue weighted by Crippen LogP contribution is 2.38. The molecular formula is C19H37IN4O. The highest BCUT2D eigenvalue weighted by atomic mass is 127. The molecule has 3 aliphatic rings. The average molecular weight is 464 g/mol. The second-order valence-corrected chi connectivity index (χ2v) is 8.04. The smallest absolute Gasteiger partial charge is 0.193 e. The van der Waals surface area contributed by atoms with Gasteiger partial charge in [-0.1, -0.05) is 6.42 Å². The molecule has 3 heterocycles. The number of rotatable bonds is 5. The summed E-state index contributed by atoms with van der Waals surface area (Å²) in [4.78, 5) is 9.61. The third-order valence-electron chi connectivity index (χ3n) is 6.23. The van der Waals surface area contributed by atoms with Crippen LogP contribution in [-0.4, -0.2) is 74.8 Å². The standard InChI is InChI=1S/C19H36N4O.HI/c1-17-7-3-5-11-22(17)12-6-4-10-21-18(20-2)23-13-8-19(15-23)9-14-24-16-19;/h17H,3-16H2,1-2H3,(H,20,21);1H. The Bertz CT molecular complexity index is 426. The maximum absolute atomic E-state index is 5.63. The summed E-state index contributed by atoms with van der Waals surface area (Å²) < 4.78 is 5.63. The normalized spacial score (nSPS) is 30.7. The highest BCUT2D eigenvalue weighted by Gasteiger charge is 2.42. The second kappa shape index (κ2) is 10.3. The van der Waals surface area contributed by atoms with Crippen molar-refractivity contribution < 1.29 is 4.74 Å². The summed E-state index contributed by atoms with van der Waals surface area (Å²) in [5.74, 6) is 1.09. The molecule has 2 atom stereocenters. The molecule has 0 radical (unpaired) electrons. The van der Waals surface area contributed by atoms with Gasteiger partial charge in [0.25, 0.3) is 0 Å². The van der Waals surface area contributed by atoms with E-state index in [1.54, 1.807) is 0 Å². The lowest BCUT2D eigenvalue weighted by Crippen LogP contribution is -2.42. The number of guanidine groups is 1. The lowest BCUT2D eigenvalue weighted by Gasteiger charge is -2.33. The van der Waals surface area contributed by atoms with E-state index in [2.05, 4.69) is 27.0 Å². The first-order valence-electron chi connectivity index (χ1n) is 10.00. The number of aliphatic imine (C=N–C) groups is 1. The van der Waals surface area contributed by atoms with Crippen LogP contribution in [0.4, 0.5) is 0 Å². The van der Waals surface area contributed by atoms with E-state index >= 15 is 0 Å². The Hall–Kier alpha value is -0.0800. The molecule has 0 bridgehead atoms. The fourth-order valence-corrected chi connectivity index (χ4v) is 4.55. The molecule has 3 aliphatic heterocycles. The molecule has 0 aromatic carbocycles. The van der Waals surface area contributed by atoms with Crippen LogP contribution in [-0.2, 0) is 4.74 Å². The number of ether oxygens (including phenoxy) is 1. The molecule has 3 saturated heterocycles. The van der Waals surface area contributed by atoms with E-state index in [9.17, 15) is 0 Å². The van der Waals surface area contributed by atoms with Crippen LogP contribution in [0.1, 0.15) is 51.9 Å². The number of unbranched alkanes of at least 4 members (excludes halogenated alkanes) is 1. The first-order valence-corrected chi connectivity index (χ1v) is 10.00. The zero-order valence-corrected chi connectivity index (χ0v) is 18.5. The Morgan fingerprint density at radius 3 is 2.84 bits per heavy atom. The Morgan fingerprint density at radius 1 is 1.24 bits per heavy atom. The van der Waals surface area contributed by atoms with Crippen LogP contribution < -0.4 is 5.32 Å². The summed E-state index contributed by atoms with van der Waals surface area (Å²) in [6.07, 6.45) is 9.16. The zero-order chi connectivity index (χ0) is 16.8. The molecule has 1 N–H and O–H groups in total. The monoisotopic (exact) mass is 464 g/mol. The molecular weight excluding hydrogens is 427 g/mol. The molecule has 5 nitrogen and oxygen atoms in total. The largest absolute Gasteiger partial charge is 0.381 e. The van der Waals surface area contributed by atoms with Gasteiger partial charge in [-0.05, 0) is 58.5 Å². The van der Waals surface area contributed by atoms with Crippen molar-refractivity contribution in [2.45, 2.75) is 57.9 Å². The second-order valence-electron chi connectivity index (χ2n) is 8.04. The quantitative estimate of drug-likeness (QED) is 0.294. The van der Waals surface area contributed by atoms with Gasteiger partial charge in [-0.2, -0.15) is 0 Å². The van der Waals surface area contributed by atoms with Crippen LogP contribution in [0.2, 0.25) is 0 Å². The van der Waals surface area contributed by atoms with E-state index in [4.69, 9.17) is 4.74 Å². The van der Waals surface area contributed by atoms with Crippen molar-refractivity contribution in [2.24, 2.45) is 10.4 Å². The van der Waals surface area contributed by atoms with Crippen molar-refractivity contribution in [3.63, 3.8) is 0 Å². The Morgan fingerprint density at radius 2 is 2.12 bits per heavy atom. The molecule has 0 aliphatic carbocycles. The maximum Gasteiger partial charge on any atom is 0.193 e. The molecule has 146 valence electrons. The number of piperidine rings is 1. The van der Waals surface area contributed by atoms with Crippen molar-refractivity contribution >= 4 is 29.9 Å². The molecule has 1 spiro atoms. The maximum atomic E-state index is 5.63. The molecule has 6 heteroatoms. The number of hydrogen-bond acceptors (Lipinski definition) is 3. The van der Waals surface area contributed by atoms with Gasteiger partial charge >= 0.3 is 0 Å². The predicted molar refractivity (Wildman–Crippen MR) is 115 cm³/mol. The van der Waals surface area contributed by atoms with Gasteiger partial charge in [0.1, 0.15) is 0 Å². The van der Waals surface area contributed by atoms with Crippen molar-refractivity contribution in [1.82, 2.24) is 15.1 Å². The first kappa shape index (κ1) is 21.2.